The number of thiazole rings is 1. The van der Waals surface area contributed by atoms with Gasteiger partial charge in [-0.15, -0.1) is 11.3 Å². The summed E-state index contributed by atoms with van der Waals surface area (Å²) in [6, 6.07) is 0.384. The van der Waals surface area contributed by atoms with Crippen LogP contribution in [0.2, 0.25) is 0 Å². The van der Waals surface area contributed by atoms with Crippen molar-refractivity contribution in [1.82, 2.24) is 20.9 Å². The molecule has 0 bridgehead atoms. The average Bonchev–Trinajstić information content (AvgIpc) is 3.22. The second kappa shape index (κ2) is 8.12. The van der Waals surface area contributed by atoms with Crippen LogP contribution in [0.3, 0.4) is 0 Å². The molecule has 1 aliphatic rings. The number of hydrogen-bond acceptors (Lipinski definition) is 4. The molecule has 0 radical (unpaired) electrons. The van der Waals surface area contributed by atoms with E-state index in [0.717, 1.165) is 43.1 Å². The van der Waals surface area contributed by atoms with Crippen molar-refractivity contribution < 1.29 is 4.79 Å². The molecule has 2 rings (SSSR count). The van der Waals surface area contributed by atoms with Gasteiger partial charge in [-0.25, -0.2) is 9.98 Å². The van der Waals surface area contributed by atoms with E-state index in [1.165, 1.54) is 4.88 Å². The zero-order valence-corrected chi connectivity index (χ0v) is 14.3. The van der Waals surface area contributed by atoms with E-state index in [4.69, 9.17) is 0 Å². The van der Waals surface area contributed by atoms with Crippen LogP contribution in [-0.2, 0) is 11.2 Å². The second-order valence-corrected chi connectivity index (χ2v) is 6.75. The van der Waals surface area contributed by atoms with Crippen molar-refractivity contribution in [3.63, 3.8) is 0 Å². The van der Waals surface area contributed by atoms with Gasteiger partial charge < -0.3 is 16.0 Å². The summed E-state index contributed by atoms with van der Waals surface area (Å²) in [5.74, 6) is 0.671. The van der Waals surface area contributed by atoms with Crippen LogP contribution in [0.15, 0.2) is 4.99 Å². The van der Waals surface area contributed by atoms with Gasteiger partial charge in [-0.2, -0.15) is 0 Å². The lowest BCUT2D eigenvalue weighted by Crippen LogP contribution is -2.39. The Bertz CT molecular complexity index is 517. The quantitative estimate of drug-likeness (QED) is 0.519. The third kappa shape index (κ3) is 5.63. The van der Waals surface area contributed by atoms with Crippen molar-refractivity contribution in [3.8, 4) is 0 Å². The second-order valence-electron chi connectivity index (χ2n) is 5.46. The van der Waals surface area contributed by atoms with Gasteiger partial charge in [0.1, 0.15) is 6.54 Å². The van der Waals surface area contributed by atoms with Gasteiger partial charge in [-0.3, -0.25) is 4.79 Å². The van der Waals surface area contributed by atoms with E-state index < -0.39 is 0 Å². The van der Waals surface area contributed by atoms with Gasteiger partial charge in [0.25, 0.3) is 0 Å². The Morgan fingerprint density at radius 3 is 2.73 bits per heavy atom. The maximum atomic E-state index is 11.7. The lowest BCUT2D eigenvalue weighted by molar-refractivity contribution is -0.119. The average molecular weight is 323 g/mol. The van der Waals surface area contributed by atoms with Crippen LogP contribution in [0.4, 0.5) is 0 Å². The first-order chi connectivity index (χ1) is 10.6. The number of aryl methyl sites for hydroxylation is 2. The molecule has 1 aromatic rings. The van der Waals surface area contributed by atoms with E-state index in [0.29, 0.717) is 12.0 Å². The summed E-state index contributed by atoms with van der Waals surface area (Å²) in [5, 5.41) is 10.5. The molecule has 1 amide bonds. The lowest BCUT2D eigenvalue weighted by atomic mass is 10.4. The summed E-state index contributed by atoms with van der Waals surface area (Å²) in [6.45, 7) is 7.82. The number of carbonyl (C=O) groups is 1. The Hall–Kier alpha value is -1.63. The van der Waals surface area contributed by atoms with Crippen LogP contribution in [0, 0.1) is 13.8 Å². The maximum Gasteiger partial charge on any atom is 0.242 e. The lowest BCUT2D eigenvalue weighted by Gasteiger charge is -2.10. The number of hydrogen-bond donors (Lipinski definition) is 3. The van der Waals surface area contributed by atoms with Crippen molar-refractivity contribution in [1.29, 1.82) is 0 Å². The zero-order chi connectivity index (χ0) is 15.9. The minimum absolute atomic E-state index is 0.00845. The Morgan fingerprint density at radius 2 is 2.14 bits per heavy atom. The first-order valence-corrected chi connectivity index (χ1v) is 8.64. The van der Waals surface area contributed by atoms with E-state index in [-0.39, 0.29) is 12.5 Å². The highest BCUT2D eigenvalue weighted by Gasteiger charge is 2.22. The van der Waals surface area contributed by atoms with E-state index in [1.807, 2.05) is 13.8 Å². The summed E-state index contributed by atoms with van der Waals surface area (Å²) < 4.78 is 0. The zero-order valence-electron chi connectivity index (χ0n) is 13.5. The number of guanidine groups is 1. The van der Waals surface area contributed by atoms with Crippen molar-refractivity contribution >= 4 is 23.2 Å². The van der Waals surface area contributed by atoms with E-state index >= 15 is 0 Å². The molecule has 0 atom stereocenters. The number of amides is 1. The van der Waals surface area contributed by atoms with Crippen LogP contribution in [0.25, 0.3) is 0 Å². The Balaban J connectivity index is 1.75. The highest BCUT2D eigenvalue weighted by Crippen LogP contribution is 2.18. The van der Waals surface area contributed by atoms with Crippen molar-refractivity contribution in [2.45, 2.75) is 46.1 Å². The highest BCUT2D eigenvalue weighted by molar-refractivity contribution is 7.11. The molecule has 1 aromatic heterocycles. The molecule has 0 spiro atoms. The molecule has 3 N–H and O–H groups in total. The van der Waals surface area contributed by atoms with E-state index in [1.54, 1.807) is 11.3 Å². The molecule has 1 saturated carbocycles. The van der Waals surface area contributed by atoms with Gasteiger partial charge in [-0.05, 0) is 33.6 Å². The molecule has 22 heavy (non-hydrogen) atoms. The van der Waals surface area contributed by atoms with Gasteiger partial charge in [0.05, 0.1) is 10.7 Å². The molecule has 0 aliphatic heterocycles. The Morgan fingerprint density at radius 1 is 1.36 bits per heavy atom. The predicted octanol–water partition coefficient (Wildman–Crippen LogP) is 1.14. The van der Waals surface area contributed by atoms with Crippen LogP contribution in [-0.4, -0.2) is 42.5 Å². The molecule has 1 heterocycles. The standard InChI is InChI=1S/C15H25N5OS/c1-4-16-15(18-9-13(21)20-12-5-6-12)17-8-7-14-19-10(2)11(3)22-14/h12H,4-9H2,1-3H3,(H,20,21)(H2,16,17,18). The number of aromatic nitrogens is 1. The number of carbonyl (C=O) groups excluding carboxylic acids is 1. The molecule has 6 nitrogen and oxygen atoms in total. The van der Waals surface area contributed by atoms with Gasteiger partial charge in [-0.1, -0.05) is 0 Å². The number of aliphatic imine (C=N–C) groups is 1. The molecule has 7 heteroatoms. The largest absolute Gasteiger partial charge is 0.357 e. The molecule has 1 fully saturated rings. The van der Waals surface area contributed by atoms with Crippen molar-refractivity contribution in [3.05, 3.63) is 15.6 Å². The van der Waals surface area contributed by atoms with Crippen molar-refractivity contribution in [2.75, 3.05) is 19.6 Å². The first-order valence-electron chi connectivity index (χ1n) is 7.83. The van der Waals surface area contributed by atoms with Crippen LogP contribution in [0.1, 0.15) is 35.3 Å². The highest BCUT2D eigenvalue weighted by atomic mass is 32.1. The third-order valence-electron chi connectivity index (χ3n) is 3.37. The fourth-order valence-electron chi connectivity index (χ4n) is 1.93. The SMILES string of the molecule is CCNC(=NCC(=O)NC1CC1)NCCc1nc(C)c(C)s1. The molecule has 1 aliphatic carbocycles. The monoisotopic (exact) mass is 323 g/mol. The van der Waals surface area contributed by atoms with Gasteiger partial charge in [0.2, 0.25) is 5.91 Å². The van der Waals surface area contributed by atoms with Gasteiger partial charge in [0, 0.05) is 30.4 Å². The normalized spacial score (nSPS) is 14.8. The number of nitrogens with one attached hydrogen (secondary N) is 3. The summed E-state index contributed by atoms with van der Waals surface area (Å²) in [7, 11) is 0. The fourth-order valence-corrected chi connectivity index (χ4v) is 2.86. The summed E-state index contributed by atoms with van der Waals surface area (Å²) in [6.07, 6.45) is 3.05. The maximum absolute atomic E-state index is 11.7. The topological polar surface area (TPSA) is 78.4 Å². The van der Waals surface area contributed by atoms with Crippen LogP contribution < -0.4 is 16.0 Å². The Labute approximate surface area is 135 Å². The third-order valence-corrected chi connectivity index (χ3v) is 4.50. The number of nitrogens with zero attached hydrogens (tertiary/aromatic N) is 2. The molecule has 0 aromatic carbocycles. The predicted molar refractivity (Wildman–Crippen MR) is 90.4 cm³/mol. The molecule has 0 unspecified atom stereocenters. The van der Waals surface area contributed by atoms with Crippen LogP contribution >= 0.6 is 11.3 Å². The molecular formula is C15H25N5OS. The van der Waals surface area contributed by atoms with E-state index in [9.17, 15) is 4.79 Å². The van der Waals surface area contributed by atoms with Crippen molar-refractivity contribution in [2.24, 2.45) is 4.99 Å². The Kier molecular flexibility index (Phi) is 6.18. The first kappa shape index (κ1) is 16.7. The minimum Gasteiger partial charge on any atom is -0.357 e. The fraction of sp³-hybridized carbons (Fsp3) is 0.667. The van der Waals surface area contributed by atoms with E-state index in [2.05, 4.69) is 32.9 Å². The summed E-state index contributed by atoms with van der Waals surface area (Å²) >= 11 is 1.74. The smallest absolute Gasteiger partial charge is 0.242 e. The van der Waals surface area contributed by atoms with Gasteiger partial charge in [0.15, 0.2) is 5.96 Å². The number of rotatable bonds is 7. The molecular weight excluding hydrogens is 298 g/mol. The van der Waals surface area contributed by atoms with Gasteiger partial charge >= 0.3 is 0 Å². The van der Waals surface area contributed by atoms with Crippen LogP contribution in [0.5, 0.6) is 0 Å². The molecule has 0 saturated heterocycles. The minimum atomic E-state index is -0.00845. The summed E-state index contributed by atoms with van der Waals surface area (Å²) in [5.41, 5.74) is 1.11. The molecule has 122 valence electrons. The summed E-state index contributed by atoms with van der Waals surface area (Å²) in [4.78, 5) is 21.8.